The van der Waals surface area contributed by atoms with E-state index in [2.05, 4.69) is 25.2 Å². The number of hydrogen-bond acceptors (Lipinski definition) is 0. The molecule has 0 aromatic heterocycles. The summed E-state index contributed by atoms with van der Waals surface area (Å²) in [6.45, 7) is 2.21. The van der Waals surface area contributed by atoms with Crippen LogP contribution >= 0.6 is 0 Å². The lowest BCUT2D eigenvalue weighted by atomic mass is 9.97. The summed E-state index contributed by atoms with van der Waals surface area (Å²) < 4.78 is 0. The number of allylic oxidation sites excluding steroid dienone is 6. The van der Waals surface area contributed by atoms with Crippen molar-refractivity contribution in [2.24, 2.45) is 0 Å². The largest absolute Gasteiger partial charge is 0.0836 e. The summed E-state index contributed by atoms with van der Waals surface area (Å²) in [6.07, 6.45) is 10.6. The van der Waals surface area contributed by atoms with Crippen LogP contribution in [-0.4, -0.2) is 0 Å². The molecule has 0 atom stereocenters. The highest BCUT2D eigenvalue weighted by Gasteiger charge is 2.13. The molecule has 0 aromatic rings. The average molecular weight is 132 g/mol. The fourth-order valence-corrected chi connectivity index (χ4v) is 1.72. The van der Waals surface area contributed by atoms with Crippen LogP contribution in [0.25, 0.3) is 0 Å². The van der Waals surface area contributed by atoms with E-state index in [1.165, 1.54) is 30.4 Å². The second-order valence-electron chi connectivity index (χ2n) is 3.05. The molecular weight excluding hydrogens is 120 g/mol. The Kier molecular flexibility index (Phi) is 1.26. The first-order valence-electron chi connectivity index (χ1n) is 3.93. The molecule has 2 rings (SSSR count). The smallest absolute Gasteiger partial charge is 0.0124 e. The molecule has 0 nitrogen and oxygen atoms in total. The molecule has 0 saturated carbocycles. The van der Waals surface area contributed by atoms with Gasteiger partial charge in [-0.3, -0.25) is 0 Å². The third kappa shape index (κ3) is 0.756. The summed E-state index contributed by atoms with van der Waals surface area (Å²) in [5.41, 5.74) is 4.65. The Morgan fingerprint density at radius 1 is 1.40 bits per heavy atom. The summed E-state index contributed by atoms with van der Waals surface area (Å²) >= 11 is 0. The quantitative estimate of drug-likeness (QED) is 0.475. The van der Waals surface area contributed by atoms with E-state index in [0.717, 1.165) is 0 Å². The summed E-state index contributed by atoms with van der Waals surface area (Å²) in [5, 5.41) is 0. The third-order valence-corrected chi connectivity index (χ3v) is 2.36. The Hall–Kier alpha value is -0.780. The molecule has 10 heavy (non-hydrogen) atoms. The lowest BCUT2D eigenvalue weighted by Gasteiger charge is -2.08. The van der Waals surface area contributed by atoms with Gasteiger partial charge in [-0.1, -0.05) is 23.8 Å². The second-order valence-corrected chi connectivity index (χ2v) is 3.05. The fourth-order valence-electron chi connectivity index (χ4n) is 1.72. The zero-order valence-electron chi connectivity index (χ0n) is 6.35. The van der Waals surface area contributed by atoms with Crippen LogP contribution in [0.15, 0.2) is 34.9 Å². The van der Waals surface area contributed by atoms with Crippen molar-refractivity contribution in [1.82, 2.24) is 0 Å². The van der Waals surface area contributed by atoms with E-state index in [9.17, 15) is 0 Å². The van der Waals surface area contributed by atoms with E-state index < -0.39 is 0 Å². The monoisotopic (exact) mass is 132 g/mol. The molecule has 0 heteroatoms. The van der Waals surface area contributed by atoms with Crippen molar-refractivity contribution in [1.29, 1.82) is 0 Å². The van der Waals surface area contributed by atoms with Gasteiger partial charge in [0.2, 0.25) is 0 Å². The van der Waals surface area contributed by atoms with Crippen molar-refractivity contribution in [2.75, 3.05) is 0 Å². The Labute approximate surface area is 61.9 Å². The maximum absolute atomic E-state index is 2.33. The first-order chi connectivity index (χ1) is 4.88. The molecule has 0 radical (unpaired) electrons. The molecule has 0 N–H and O–H groups in total. The molecule has 2 aliphatic carbocycles. The van der Waals surface area contributed by atoms with Crippen LogP contribution < -0.4 is 0 Å². The predicted molar refractivity (Wildman–Crippen MR) is 43.8 cm³/mol. The highest BCUT2D eigenvalue weighted by Crippen LogP contribution is 2.32. The minimum Gasteiger partial charge on any atom is -0.0836 e. The molecule has 0 spiro atoms. The third-order valence-electron chi connectivity index (χ3n) is 2.36. The molecule has 0 amide bonds. The highest BCUT2D eigenvalue weighted by molar-refractivity contribution is 5.49. The summed E-state index contributed by atoms with van der Waals surface area (Å²) in [4.78, 5) is 0. The molecule has 52 valence electrons. The van der Waals surface area contributed by atoms with Gasteiger partial charge < -0.3 is 0 Å². The van der Waals surface area contributed by atoms with E-state index in [0.29, 0.717) is 0 Å². The lowest BCUT2D eigenvalue weighted by Crippen LogP contribution is -1.88. The van der Waals surface area contributed by atoms with E-state index >= 15 is 0 Å². The lowest BCUT2D eigenvalue weighted by molar-refractivity contribution is 0.926. The summed E-state index contributed by atoms with van der Waals surface area (Å²) in [7, 11) is 0. The van der Waals surface area contributed by atoms with Gasteiger partial charge in [0, 0.05) is 0 Å². The van der Waals surface area contributed by atoms with E-state index in [-0.39, 0.29) is 0 Å². The van der Waals surface area contributed by atoms with Crippen LogP contribution in [-0.2, 0) is 0 Å². The topological polar surface area (TPSA) is 0 Å². The van der Waals surface area contributed by atoms with Crippen LogP contribution in [0.4, 0.5) is 0 Å². The molecule has 0 fully saturated rings. The molecule has 0 aliphatic heterocycles. The Balaban J connectivity index is 2.38. The van der Waals surface area contributed by atoms with Gasteiger partial charge in [0.15, 0.2) is 0 Å². The van der Waals surface area contributed by atoms with Crippen LogP contribution in [0.2, 0.25) is 0 Å². The van der Waals surface area contributed by atoms with Gasteiger partial charge in [-0.25, -0.2) is 0 Å². The van der Waals surface area contributed by atoms with Crippen molar-refractivity contribution in [3.63, 3.8) is 0 Å². The van der Waals surface area contributed by atoms with Gasteiger partial charge >= 0.3 is 0 Å². The zero-order chi connectivity index (χ0) is 6.97. The van der Waals surface area contributed by atoms with Gasteiger partial charge in [-0.15, -0.1) is 0 Å². The molecule has 2 aliphatic rings. The maximum atomic E-state index is 2.33. The van der Waals surface area contributed by atoms with Crippen LogP contribution in [0.3, 0.4) is 0 Å². The number of hydrogen-bond donors (Lipinski definition) is 0. The number of rotatable bonds is 0. The van der Waals surface area contributed by atoms with Crippen LogP contribution in [0, 0.1) is 0 Å². The van der Waals surface area contributed by atoms with Gasteiger partial charge in [-0.05, 0) is 37.3 Å². The molecule has 0 unspecified atom stereocenters. The van der Waals surface area contributed by atoms with Gasteiger partial charge in [0.05, 0.1) is 0 Å². The second kappa shape index (κ2) is 2.12. The van der Waals surface area contributed by atoms with Gasteiger partial charge in [0.25, 0.3) is 0 Å². The van der Waals surface area contributed by atoms with E-state index in [1.807, 2.05) is 0 Å². The SMILES string of the molecule is CC1=CCC2=C1C=CCC2. The maximum Gasteiger partial charge on any atom is -0.0124 e. The normalized spacial score (nSPS) is 23.1. The molecule has 0 heterocycles. The molecule has 0 saturated heterocycles. The molecular formula is C10H12. The zero-order valence-corrected chi connectivity index (χ0v) is 6.35. The van der Waals surface area contributed by atoms with Crippen LogP contribution in [0.5, 0.6) is 0 Å². The minimum atomic E-state index is 1.21. The van der Waals surface area contributed by atoms with Crippen molar-refractivity contribution >= 4 is 0 Å². The fraction of sp³-hybridized carbons (Fsp3) is 0.400. The van der Waals surface area contributed by atoms with Crippen molar-refractivity contribution in [2.45, 2.75) is 26.2 Å². The minimum absolute atomic E-state index is 1.21. The summed E-state index contributed by atoms with van der Waals surface area (Å²) in [6, 6.07) is 0. The van der Waals surface area contributed by atoms with Crippen molar-refractivity contribution in [3.05, 3.63) is 34.9 Å². The first kappa shape index (κ1) is 5.96. The highest BCUT2D eigenvalue weighted by atomic mass is 14.2. The Bertz CT molecular complexity index is 239. The van der Waals surface area contributed by atoms with Crippen LogP contribution in [0.1, 0.15) is 26.2 Å². The van der Waals surface area contributed by atoms with Gasteiger partial charge in [-0.2, -0.15) is 0 Å². The van der Waals surface area contributed by atoms with E-state index in [4.69, 9.17) is 0 Å². The van der Waals surface area contributed by atoms with Gasteiger partial charge in [0.1, 0.15) is 0 Å². The van der Waals surface area contributed by atoms with Crippen molar-refractivity contribution < 1.29 is 0 Å². The first-order valence-corrected chi connectivity index (χ1v) is 3.93. The van der Waals surface area contributed by atoms with Crippen molar-refractivity contribution in [3.8, 4) is 0 Å². The summed E-state index contributed by atoms with van der Waals surface area (Å²) in [5.74, 6) is 0. The average Bonchev–Trinajstić information content (AvgIpc) is 2.34. The van der Waals surface area contributed by atoms with E-state index in [1.54, 1.807) is 5.57 Å². The Morgan fingerprint density at radius 3 is 3.10 bits per heavy atom. The molecule has 0 aromatic carbocycles. The standard InChI is InChI=1S/C10H12/c1-8-6-7-9-4-2-3-5-10(8)9/h3,5-6H,2,4,7H2,1H3. The Morgan fingerprint density at radius 2 is 2.30 bits per heavy atom. The predicted octanol–water partition coefficient (Wildman–Crippen LogP) is 2.98. The molecule has 0 bridgehead atoms.